The number of benzene rings is 2. The fourth-order valence-electron chi connectivity index (χ4n) is 3.12. The van der Waals surface area contributed by atoms with Gasteiger partial charge < -0.3 is 19.9 Å². The number of hydrogen-bond acceptors (Lipinski definition) is 6. The minimum absolute atomic E-state index is 0.309. The van der Waals surface area contributed by atoms with Gasteiger partial charge in [-0.05, 0) is 23.8 Å². The van der Waals surface area contributed by atoms with Gasteiger partial charge in [0.15, 0.2) is 5.82 Å². The molecule has 0 aliphatic carbocycles. The fourth-order valence-corrected chi connectivity index (χ4v) is 3.12. The maximum atomic E-state index is 14.2. The molecule has 0 fully saturated rings. The van der Waals surface area contributed by atoms with Crippen molar-refractivity contribution in [3.63, 3.8) is 0 Å². The first-order chi connectivity index (χ1) is 14.0. The third-order valence-corrected chi connectivity index (χ3v) is 4.54. The Hall–Kier alpha value is -3.88. The highest BCUT2D eigenvalue weighted by Crippen LogP contribution is 2.26. The van der Waals surface area contributed by atoms with Crippen LogP contribution in [0.4, 0.5) is 10.2 Å². The normalized spacial score (nSPS) is 11.0. The summed E-state index contributed by atoms with van der Waals surface area (Å²) in [7, 11) is 3.15. The van der Waals surface area contributed by atoms with Crippen molar-refractivity contribution in [2.45, 2.75) is 6.54 Å². The van der Waals surface area contributed by atoms with Crippen LogP contribution in [-0.2, 0) is 6.54 Å². The van der Waals surface area contributed by atoms with E-state index >= 15 is 0 Å². The number of imidazole rings is 1. The molecule has 0 spiro atoms. The Morgan fingerprint density at radius 3 is 2.52 bits per heavy atom. The summed E-state index contributed by atoms with van der Waals surface area (Å²) >= 11 is 0. The van der Waals surface area contributed by atoms with Crippen LogP contribution in [-0.4, -0.2) is 39.7 Å². The fraction of sp³-hybridized carbons (Fsp3) is 0.150. The van der Waals surface area contributed by atoms with E-state index in [9.17, 15) is 14.3 Å². The third kappa shape index (κ3) is 3.38. The van der Waals surface area contributed by atoms with Crippen molar-refractivity contribution in [2.24, 2.45) is 0 Å². The van der Waals surface area contributed by atoms with Crippen molar-refractivity contribution in [2.75, 3.05) is 19.5 Å². The molecule has 9 heteroatoms. The summed E-state index contributed by atoms with van der Waals surface area (Å²) in [5.41, 5.74) is 1.87. The van der Waals surface area contributed by atoms with Gasteiger partial charge in [0.2, 0.25) is 0 Å². The number of rotatable bonds is 6. The quantitative estimate of drug-likeness (QED) is 0.516. The largest absolute Gasteiger partial charge is 0.497 e. The van der Waals surface area contributed by atoms with Crippen molar-refractivity contribution in [3.05, 3.63) is 59.8 Å². The molecule has 4 aromatic rings. The number of fused-ring (bicyclic) bond motifs is 3. The van der Waals surface area contributed by atoms with Crippen molar-refractivity contribution < 1.29 is 23.8 Å². The zero-order valence-electron chi connectivity index (χ0n) is 15.6. The molecule has 0 aliphatic heterocycles. The Morgan fingerprint density at radius 1 is 1.14 bits per heavy atom. The molecule has 2 aromatic carbocycles. The standard InChI is InChI=1S/C20H17FN4O4/c1-28-12-3-11(4-13(5-12)29-2)8-23-19-18-9-22-10-25(18)17-6-14(20(26)27)15(21)7-16(17)24-19/h3-7,9-10H,8H2,1-2H3,(H,23,24)(H,26,27). The molecule has 0 radical (unpaired) electrons. The summed E-state index contributed by atoms with van der Waals surface area (Å²) in [6.45, 7) is 0.405. The van der Waals surface area contributed by atoms with Crippen molar-refractivity contribution in [1.82, 2.24) is 14.4 Å². The molecule has 2 N–H and O–H groups in total. The molecule has 0 unspecified atom stereocenters. The Kier molecular flexibility index (Phi) is 4.63. The van der Waals surface area contributed by atoms with Crippen LogP contribution in [0.15, 0.2) is 42.9 Å². The van der Waals surface area contributed by atoms with Crippen LogP contribution in [0.2, 0.25) is 0 Å². The van der Waals surface area contributed by atoms with Gasteiger partial charge in [-0.15, -0.1) is 0 Å². The average Bonchev–Trinajstić information content (AvgIpc) is 3.21. The first-order valence-electron chi connectivity index (χ1n) is 8.64. The lowest BCUT2D eigenvalue weighted by atomic mass is 10.1. The Balaban J connectivity index is 1.75. The highest BCUT2D eigenvalue weighted by atomic mass is 19.1. The molecule has 0 bridgehead atoms. The van der Waals surface area contributed by atoms with E-state index in [4.69, 9.17) is 9.47 Å². The summed E-state index contributed by atoms with van der Waals surface area (Å²) in [4.78, 5) is 19.8. The second-order valence-corrected chi connectivity index (χ2v) is 6.31. The van der Waals surface area contributed by atoms with E-state index in [0.717, 1.165) is 11.6 Å². The van der Waals surface area contributed by atoms with Crippen LogP contribution < -0.4 is 14.8 Å². The van der Waals surface area contributed by atoms with Gasteiger partial charge >= 0.3 is 5.97 Å². The summed E-state index contributed by atoms with van der Waals surface area (Å²) < 4.78 is 26.4. The third-order valence-electron chi connectivity index (χ3n) is 4.54. The molecular weight excluding hydrogens is 379 g/mol. The number of ether oxygens (including phenoxy) is 2. The maximum Gasteiger partial charge on any atom is 0.338 e. The zero-order chi connectivity index (χ0) is 20.5. The number of aromatic nitrogens is 3. The first-order valence-corrected chi connectivity index (χ1v) is 8.64. The number of aromatic carboxylic acids is 1. The second-order valence-electron chi connectivity index (χ2n) is 6.31. The number of methoxy groups -OCH3 is 2. The van der Waals surface area contributed by atoms with Crippen LogP contribution in [0.3, 0.4) is 0 Å². The lowest BCUT2D eigenvalue weighted by Crippen LogP contribution is -2.06. The molecule has 148 valence electrons. The molecule has 0 amide bonds. The molecule has 0 aliphatic rings. The summed E-state index contributed by atoms with van der Waals surface area (Å²) in [6.07, 6.45) is 3.13. The number of hydrogen-bond donors (Lipinski definition) is 2. The predicted molar refractivity (Wildman–Crippen MR) is 104 cm³/mol. The average molecular weight is 396 g/mol. The van der Waals surface area contributed by atoms with Crippen LogP contribution >= 0.6 is 0 Å². The number of halogens is 1. The molecular formula is C20H17FN4O4. The van der Waals surface area contributed by atoms with Gasteiger partial charge in [0.25, 0.3) is 0 Å². The van der Waals surface area contributed by atoms with Crippen LogP contribution in [0.1, 0.15) is 15.9 Å². The number of nitrogens with one attached hydrogen (secondary N) is 1. The number of nitrogens with zero attached hydrogens (tertiary/aromatic N) is 3. The first kappa shape index (κ1) is 18.5. The Morgan fingerprint density at radius 2 is 1.86 bits per heavy atom. The van der Waals surface area contributed by atoms with Gasteiger partial charge in [-0.25, -0.2) is 19.2 Å². The summed E-state index contributed by atoms with van der Waals surface area (Å²) in [5.74, 6) is -0.387. The second kappa shape index (κ2) is 7.27. The van der Waals surface area contributed by atoms with Crippen LogP contribution in [0.5, 0.6) is 11.5 Å². The molecule has 0 atom stereocenters. The minimum atomic E-state index is -1.34. The Labute approximate surface area is 164 Å². The number of carboxylic acid groups (broad SMARTS) is 1. The number of carbonyl (C=O) groups is 1. The SMILES string of the molecule is COc1cc(CNc2nc3cc(F)c(C(=O)O)cc3n3cncc23)cc(OC)c1. The minimum Gasteiger partial charge on any atom is -0.497 e. The van der Waals surface area contributed by atoms with Crippen molar-refractivity contribution >= 4 is 28.3 Å². The summed E-state index contributed by atoms with van der Waals surface area (Å²) in [5, 5.41) is 12.4. The lowest BCUT2D eigenvalue weighted by molar-refractivity contribution is 0.0692. The zero-order valence-corrected chi connectivity index (χ0v) is 15.6. The van der Waals surface area contributed by atoms with Gasteiger partial charge in [0.05, 0.1) is 43.3 Å². The van der Waals surface area contributed by atoms with Crippen LogP contribution in [0, 0.1) is 5.82 Å². The predicted octanol–water partition coefficient (Wildman–Crippen LogP) is 3.35. The van der Waals surface area contributed by atoms with Crippen molar-refractivity contribution in [3.8, 4) is 11.5 Å². The highest BCUT2D eigenvalue weighted by Gasteiger charge is 2.16. The van der Waals surface area contributed by atoms with E-state index in [-0.39, 0.29) is 0 Å². The number of carboxylic acids is 1. The van der Waals surface area contributed by atoms with Gasteiger partial charge in [-0.2, -0.15) is 0 Å². The monoisotopic (exact) mass is 396 g/mol. The maximum absolute atomic E-state index is 14.2. The van der Waals surface area contributed by atoms with E-state index in [2.05, 4.69) is 15.3 Å². The molecule has 2 heterocycles. The van der Waals surface area contributed by atoms with E-state index in [1.165, 1.54) is 12.4 Å². The van der Waals surface area contributed by atoms with Crippen molar-refractivity contribution in [1.29, 1.82) is 0 Å². The van der Waals surface area contributed by atoms with Gasteiger partial charge in [-0.3, -0.25) is 4.40 Å². The topological polar surface area (TPSA) is 98.0 Å². The molecule has 0 saturated carbocycles. The molecule has 29 heavy (non-hydrogen) atoms. The number of anilines is 1. The summed E-state index contributed by atoms with van der Waals surface area (Å²) in [6, 6.07) is 7.87. The molecule has 2 aromatic heterocycles. The van der Waals surface area contributed by atoms with E-state index in [1.807, 2.05) is 12.1 Å². The van der Waals surface area contributed by atoms with E-state index in [0.29, 0.717) is 40.4 Å². The van der Waals surface area contributed by atoms with Gasteiger partial charge in [0, 0.05) is 18.7 Å². The van der Waals surface area contributed by atoms with Gasteiger partial charge in [0.1, 0.15) is 22.8 Å². The molecule has 4 rings (SSSR count). The molecule has 0 saturated heterocycles. The lowest BCUT2D eigenvalue weighted by Gasteiger charge is -2.12. The smallest absolute Gasteiger partial charge is 0.338 e. The molecule has 8 nitrogen and oxygen atoms in total. The Bertz CT molecular complexity index is 1220. The van der Waals surface area contributed by atoms with E-state index < -0.39 is 17.3 Å². The van der Waals surface area contributed by atoms with E-state index in [1.54, 1.807) is 30.9 Å². The van der Waals surface area contributed by atoms with Crippen LogP contribution in [0.25, 0.3) is 16.6 Å². The highest BCUT2D eigenvalue weighted by molar-refractivity contribution is 5.94. The van der Waals surface area contributed by atoms with Gasteiger partial charge in [-0.1, -0.05) is 0 Å².